The quantitative estimate of drug-likeness (QED) is 0.387. The highest BCUT2D eigenvalue weighted by Crippen LogP contribution is 2.27. The molecular formula is C21H20ClNO4. The predicted molar refractivity (Wildman–Crippen MR) is 105 cm³/mol. The van der Waals surface area contributed by atoms with Gasteiger partial charge in [0.15, 0.2) is 5.70 Å². The van der Waals surface area contributed by atoms with Crippen LogP contribution in [-0.2, 0) is 9.53 Å². The van der Waals surface area contributed by atoms with Crippen LogP contribution in [0, 0.1) is 0 Å². The molecule has 0 spiro atoms. The molecule has 2 aromatic rings. The molecular weight excluding hydrogens is 366 g/mol. The molecule has 0 aliphatic carbocycles. The largest absolute Gasteiger partial charge is 0.497 e. The van der Waals surface area contributed by atoms with Crippen molar-refractivity contribution in [2.75, 3.05) is 13.7 Å². The lowest BCUT2D eigenvalue weighted by atomic mass is 10.2. The molecule has 2 aromatic carbocycles. The second-order valence-corrected chi connectivity index (χ2v) is 6.36. The first kappa shape index (κ1) is 19.0. The molecule has 27 heavy (non-hydrogen) atoms. The van der Waals surface area contributed by atoms with Gasteiger partial charge in [-0.1, -0.05) is 37.1 Å². The molecule has 0 saturated carbocycles. The number of benzene rings is 2. The van der Waals surface area contributed by atoms with Crippen LogP contribution in [0.15, 0.2) is 53.2 Å². The van der Waals surface area contributed by atoms with Crippen LogP contribution in [0.2, 0.25) is 5.02 Å². The Labute approximate surface area is 163 Å². The summed E-state index contributed by atoms with van der Waals surface area (Å²) < 4.78 is 16.0. The molecule has 0 unspecified atom stereocenters. The number of esters is 1. The van der Waals surface area contributed by atoms with E-state index in [-0.39, 0.29) is 11.6 Å². The molecule has 0 fully saturated rings. The van der Waals surface area contributed by atoms with Crippen molar-refractivity contribution in [1.29, 1.82) is 0 Å². The van der Waals surface area contributed by atoms with Crippen molar-refractivity contribution in [3.8, 4) is 11.5 Å². The summed E-state index contributed by atoms with van der Waals surface area (Å²) in [5, 5.41) is 0.399. The minimum absolute atomic E-state index is 0.179. The summed E-state index contributed by atoms with van der Waals surface area (Å²) in [4.78, 5) is 16.4. The molecule has 0 atom stereocenters. The topological polar surface area (TPSA) is 57.1 Å². The van der Waals surface area contributed by atoms with Crippen molar-refractivity contribution in [2.24, 2.45) is 4.99 Å². The smallest absolute Gasteiger partial charge is 0.363 e. The first-order chi connectivity index (χ1) is 13.1. The summed E-state index contributed by atoms with van der Waals surface area (Å²) in [6.45, 7) is 2.81. The predicted octanol–water partition coefficient (Wildman–Crippen LogP) is 4.87. The van der Waals surface area contributed by atoms with Gasteiger partial charge in [-0.2, -0.15) is 0 Å². The first-order valence-electron chi connectivity index (χ1n) is 8.70. The average Bonchev–Trinajstić information content (AvgIpc) is 3.03. The first-order valence-corrected chi connectivity index (χ1v) is 9.08. The highest BCUT2D eigenvalue weighted by atomic mass is 35.5. The van der Waals surface area contributed by atoms with Crippen LogP contribution in [-0.4, -0.2) is 25.6 Å². The number of hydrogen-bond donors (Lipinski definition) is 0. The Kier molecular flexibility index (Phi) is 6.14. The summed E-state index contributed by atoms with van der Waals surface area (Å²) in [7, 11) is 1.55. The van der Waals surface area contributed by atoms with Crippen LogP contribution < -0.4 is 9.47 Å². The zero-order chi connectivity index (χ0) is 19.2. The number of nitrogens with zero attached hydrogens (tertiary/aromatic N) is 1. The minimum Gasteiger partial charge on any atom is -0.497 e. The summed E-state index contributed by atoms with van der Waals surface area (Å²) in [5.74, 6) is 1.08. The van der Waals surface area contributed by atoms with E-state index in [0.717, 1.165) is 24.2 Å². The average molecular weight is 386 g/mol. The number of ether oxygens (including phenoxy) is 3. The van der Waals surface area contributed by atoms with Gasteiger partial charge in [0.25, 0.3) is 0 Å². The number of cyclic esters (lactones) is 1. The van der Waals surface area contributed by atoms with E-state index >= 15 is 0 Å². The highest BCUT2D eigenvalue weighted by Gasteiger charge is 2.25. The van der Waals surface area contributed by atoms with E-state index in [1.165, 1.54) is 0 Å². The molecule has 0 saturated heterocycles. The number of unbranched alkanes of at least 4 members (excludes halogenated alkanes) is 1. The number of carbonyl (C=O) groups excluding carboxylic acids is 1. The Bertz CT molecular complexity index is 888. The lowest BCUT2D eigenvalue weighted by Gasteiger charge is -2.05. The standard InChI is InChI=1S/C21H20ClNO4/c1-3-4-11-26-15-7-5-14(6-8-15)12-19-21(24)27-20(23-19)17-10-9-16(25-2)13-18(17)22/h5-10,12-13H,3-4,11H2,1-2H3. The summed E-state index contributed by atoms with van der Waals surface area (Å²) >= 11 is 6.23. The third-order valence-corrected chi connectivity index (χ3v) is 4.29. The van der Waals surface area contributed by atoms with Gasteiger partial charge in [0.2, 0.25) is 5.90 Å². The normalized spacial score (nSPS) is 14.9. The second-order valence-electron chi connectivity index (χ2n) is 5.95. The summed E-state index contributed by atoms with van der Waals surface area (Å²) in [5.41, 5.74) is 1.58. The minimum atomic E-state index is -0.514. The van der Waals surface area contributed by atoms with Crippen molar-refractivity contribution in [1.82, 2.24) is 0 Å². The molecule has 140 valence electrons. The van der Waals surface area contributed by atoms with Crippen molar-refractivity contribution >= 4 is 29.5 Å². The van der Waals surface area contributed by atoms with E-state index < -0.39 is 5.97 Å². The van der Waals surface area contributed by atoms with Crippen molar-refractivity contribution < 1.29 is 19.0 Å². The Balaban J connectivity index is 1.77. The third kappa shape index (κ3) is 4.68. The van der Waals surface area contributed by atoms with Gasteiger partial charge < -0.3 is 14.2 Å². The van der Waals surface area contributed by atoms with E-state index in [2.05, 4.69) is 11.9 Å². The molecule has 0 aromatic heterocycles. The van der Waals surface area contributed by atoms with Gasteiger partial charge in [-0.15, -0.1) is 0 Å². The van der Waals surface area contributed by atoms with Gasteiger partial charge in [-0.25, -0.2) is 9.79 Å². The van der Waals surface area contributed by atoms with Gasteiger partial charge in [-0.05, 0) is 48.4 Å². The second kappa shape index (κ2) is 8.73. The van der Waals surface area contributed by atoms with E-state index in [1.54, 1.807) is 31.4 Å². The molecule has 5 nitrogen and oxygen atoms in total. The fraction of sp³-hybridized carbons (Fsp3) is 0.238. The van der Waals surface area contributed by atoms with Gasteiger partial charge in [0.05, 0.1) is 24.3 Å². The lowest BCUT2D eigenvalue weighted by Crippen LogP contribution is -2.06. The summed E-state index contributed by atoms with van der Waals surface area (Å²) in [6, 6.07) is 12.6. The molecule has 0 bridgehead atoms. The zero-order valence-electron chi connectivity index (χ0n) is 15.2. The Morgan fingerprint density at radius 1 is 1.15 bits per heavy atom. The van der Waals surface area contributed by atoms with Crippen molar-refractivity contribution in [3.63, 3.8) is 0 Å². The zero-order valence-corrected chi connectivity index (χ0v) is 16.0. The van der Waals surface area contributed by atoms with Gasteiger partial charge in [0.1, 0.15) is 11.5 Å². The van der Waals surface area contributed by atoms with Gasteiger partial charge >= 0.3 is 5.97 Å². The van der Waals surface area contributed by atoms with Gasteiger partial charge in [-0.3, -0.25) is 0 Å². The van der Waals surface area contributed by atoms with Crippen LogP contribution in [0.3, 0.4) is 0 Å². The Hall–Kier alpha value is -2.79. The number of aliphatic imine (C=N–C) groups is 1. The van der Waals surface area contributed by atoms with Crippen LogP contribution in [0.1, 0.15) is 30.9 Å². The molecule has 6 heteroatoms. The maximum absolute atomic E-state index is 12.1. The molecule has 1 aliphatic rings. The van der Waals surface area contributed by atoms with Crippen LogP contribution in [0.4, 0.5) is 0 Å². The molecule has 0 N–H and O–H groups in total. The van der Waals surface area contributed by atoms with E-state index in [0.29, 0.717) is 22.9 Å². The maximum Gasteiger partial charge on any atom is 0.363 e. The fourth-order valence-corrected chi connectivity index (χ4v) is 2.72. The number of rotatable bonds is 7. The number of halogens is 1. The highest BCUT2D eigenvalue weighted by molar-refractivity contribution is 6.34. The SMILES string of the molecule is CCCCOc1ccc(C=C2N=C(c3ccc(OC)cc3Cl)OC2=O)cc1. The fourth-order valence-electron chi connectivity index (χ4n) is 2.47. The van der Waals surface area contributed by atoms with Crippen LogP contribution >= 0.6 is 11.6 Å². The van der Waals surface area contributed by atoms with Gasteiger partial charge in [0, 0.05) is 0 Å². The summed E-state index contributed by atoms with van der Waals surface area (Å²) in [6.07, 6.45) is 3.77. The Morgan fingerprint density at radius 2 is 1.89 bits per heavy atom. The number of methoxy groups -OCH3 is 1. The number of hydrogen-bond acceptors (Lipinski definition) is 5. The maximum atomic E-state index is 12.1. The molecule has 0 radical (unpaired) electrons. The van der Waals surface area contributed by atoms with E-state index in [4.69, 9.17) is 25.8 Å². The number of carbonyl (C=O) groups is 1. The van der Waals surface area contributed by atoms with E-state index in [1.807, 2.05) is 24.3 Å². The molecule has 3 rings (SSSR count). The Morgan fingerprint density at radius 3 is 2.56 bits per heavy atom. The lowest BCUT2D eigenvalue weighted by molar-refractivity contribution is -0.129. The monoisotopic (exact) mass is 385 g/mol. The third-order valence-electron chi connectivity index (χ3n) is 3.98. The van der Waals surface area contributed by atoms with E-state index in [9.17, 15) is 4.79 Å². The molecule has 0 amide bonds. The van der Waals surface area contributed by atoms with Crippen molar-refractivity contribution in [2.45, 2.75) is 19.8 Å². The molecule has 1 heterocycles. The van der Waals surface area contributed by atoms with Crippen LogP contribution in [0.25, 0.3) is 6.08 Å². The molecule has 1 aliphatic heterocycles. The van der Waals surface area contributed by atoms with Crippen molar-refractivity contribution in [3.05, 3.63) is 64.3 Å². The van der Waals surface area contributed by atoms with Crippen LogP contribution in [0.5, 0.6) is 11.5 Å².